The highest BCUT2D eigenvalue weighted by Crippen LogP contribution is 2.27. The molecule has 1 unspecified atom stereocenters. The first-order valence-electron chi connectivity index (χ1n) is 7.26. The van der Waals surface area contributed by atoms with Crippen LogP contribution >= 0.6 is 0 Å². The van der Waals surface area contributed by atoms with Crippen LogP contribution in [0.15, 0.2) is 27.4 Å². The number of carbonyl (C=O) groups excluding carboxylic acids is 1. The minimum absolute atomic E-state index is 0.0376. The first-order chi connectivity index (χ1) is 10.6. The number of aromatic amines is 3. The van der Waals surface area contributed by atoms with Crippen LogP contribution in [0.2, 0.25) is 0 Å². The summed E-state index contributed by atoms with van der Waals surface area (Å²) in [6.07, 6.45) is 0.843. The Balaban J connectivity index is 1.53. The molecule has 7 heteroatoms. The summed E-state index contributed by atoms with van der Waals surface area (Å²) in [6.45, 7) is 3.15. The van der Waals surface area contributed by atoms with Gasteiger partial charge < -0.3 is 19.4 Å². The molecule has 0 aromatic carbocycles. The van der Waals surface area contributed by atoms with Crippen molar-refractivity contribution < 1.29 is 9.21 Å². The number of carbonyl (C=O) groups is 1. The maximum absolute atomic E-state index is 12.6. The molecule has 3 aromatic heterocycles. The molecule has 1 saturated heterocycles. The van der Waals surface area contributed by atoms with E-state index in [-0.39, 0.29) is 17.4 Å². The lowest BCUT2D eigenvalue weighted by atomic mass is 10.1. The van der Waals surface area contributed by atoms with Gasteiger partial charge in [-0.15, -0.1) is 0 Å². The van der Waals surface area contributed by atoms with Crippen molar-refractivity contribution in [3.8, 4) is 0 Å². The van der Waals surface area contributed by atoms with Crippen molar-refractivity contribution >= 4 is 17.0 Å². The van der Waals surface area contributed by atoms with Crippen molar-refractivity contribution in [2.75, 3.05) is 13.1 Å². The van der Waals surface area contributed by atoms with Gasteiger partial charge >= 0.3 is 0 Å². The average molecular weight is 300 g/mol. The second kappa shape index (κ2) is 4.66. The third-order valence-electron chi connectivity index (χ3n) is 4.19. The zero-order valence-corrected chi connectivity index (χ0v) is 12.1. The SMILES string of the molecule is Cc1cc2[nH]c(C(=O)N3CCC(c4cc(=O)[nH][nH]4)C3)cc2o1. The first-order valence-corrected chi connectivity index (χ1v) is 7.26. The maximum atomic E-state index is 12.6. The van der Waals surface area contributed by atoms with E-state index < -0.39 is 0 Å². The van der Waals surface area contributed by atoms with E-state index in [1.165, 1.54) is 0 Å². The molecule has 1 atom stereocenters. The molecule has 4 rings (SSSR count). The minimum Gasteiger partial charge on any atom is -0.460 e. The Bertz CT molecular complexity index is 866. The fraction of sp³-hybridized carbons (Fsp3) is 0.333. The fourth-order valence-corrected chi connectivity index (χ4v) is 3.10. The van der Waals surface area contributed by atoms with Gasteiger partial charge in [0, 0.05) is 42.9 Å². The lowest BCUT2D eigenvalue weighted by molar-refractivity contribution is 0.0785. The summed E-state index contributed by atoms with van der Waals surface area (Å²) in [6, 6.07) is 5.18. The number of hydrogen-bond donors (Lipinski definition) is 3. The van der Waals surface area contributed by atoms with Crippen molar-refractivity contribution in [1.29, 1.82) is 0 Å². The van der Waals surface area contributed by atoms with Crippen molar-refractivity contribution in [2.45, 2.75) is 19.3 Å². The van der Waals surface area contributed by atoms with Crippen molar-refractivity contribution in [2.24, 2.45) is 0 Å². The molecular weight excluding hydrogens is 284 g/mol. The molecule has 0 aliphatic carbocycles. The Kier molecular flexibility index (Phi) is 2.75. The molecule has 0 saturated carbocycles. The summed E-state index contributed by atoms with van der Waals surface area (Å²) in [7, 11) is 0. The molecular formula is C15H16N4O3. The molecule has 1 aliphatic rings. The summed E-state index contributed by atoms with van der Waals surface area (Å²) in [4.78, 5) is 28.7. The van der Waals surface area contributed by atoms with Gasteiger partial charge in [-0.25, -0.2) is 0 Å². The Morgan fingerprint density at radius 3 is 2.91 bits per heavy atom. The van der Waals surface area contributed by atoms with Crippen LogP contribution in [0.3, 0.4) is 0 Å². The molecule has 7 nitrogen and oxygen atoms in total. The number of hydrogen-bond acceptors (Lipinski definition) is 3. The lowest BCUT2D eigenvalue weighted by Gasteiger charge is -2.15. The molecule has 1 fully saturated rings. The van der Waals surface area contributed by atoms with Crippen LogP contribution in [0.5, 0.6) is 0 Å². The smallest absolute Gasteiger partial charge is 0.270 e. The quantitative estimate of drug-likeness (QED) is 0.672. The Hall–Kier alpha value is -2.70. The molecule has 3 aromatic rings. The number of rotatable bonds is 2. The van der Waals surface area contributed by atoms with Gasteiger partial charge in [0.2, 0.25) is 0 Å². The van der Waals surface area contributed by atoms with E-state index in [1.807, 2.05) is 13.0 Å². The fourth-order valence-electron chi connectivity index (χ4n) is 3.10. The first kappa shape index (κ1) is 13.0. The zero-order chi connectivity index (χ0) is 15.3. The maximum Gasteiger partial charge on any atom is 0.270 e. The van der Waals surface area contributed by atoms with E-state index >= 15 is 0 Å². The second-order valence-electron chi connectivity index (χ2n) is 5.77. The minimum atomic E-state index is -0.139. The molecule has 22 heavy (non-hydrogen) atoms. The topological polar surface area (TPSA) is 97.9 Å². The standard InChI is InChI=1S/C15H16N4O3/c1-8-4-11-13(22-8)5-12(16-11)15(21)19-3-2-9(7-19)10-6-14(20)18-17-10/h4-6,9,16H,2-3,7H2,1H3,(H2,17,18,20). The van der Waals surface area contributed by atoms with Crippen molar-refractivity contribution in [1.82, 2.24) is 20.1 Å². The van der Waals surface area contributed by atoms with Crippen molar-refractivity contribution in [3.05, 3.63) is 45.7 Å². The van der Waals surface area contributed by atoms with Crippen LogP contribution in [0.25, 0.3) is 11.1 Å². The molecule has 1 aliphatic heterocycles. The normalized spacial score (nSPS) is 18.4. The lowest BCUT2D eigenvalue weighted by Crippen LogP contribution is -2.28. The van der Waals surface area contributed by atoms with Gasteiger partial charge in [-0.1, -0.05) is 0 Å². The van der Waals surface area contributed by atoms with Crippen molar-refractivity contribution in [3.63, 3.8) is 0 Å². The highest BCUT2D eigenvalue weighted by atomic mass is 16.3. The van der Waals surface area contributed by atoms with Crippen LogP contribution in [-0.2, 0) is 0 Å². The van der Waals surface area contributed by atoms with E-state index in [4.69, 9.17) is 4.42 Å². The summed E-state index contributed by atoms with van der Waals surface area (Å²) >= 11 is 0. The molecule has 0 spiro atoms. The van der Waals surface area contributed by atoms with Crippen LogP contribution in [0, 0.1) is 6.92 Å². The molecule has 1 amide bonds. The van der Waals surface area contributed by atoms with Crippen LogP contribution in [0.1, 0.15) is 34.3 Å². The number of aryl methyl sites for hydroxylation is 1. The second-order valence-corrected chi connectivity index (χ2v) is 5.77. The molecule has 4 heterocycles. The third kappa shape index (κ3) is 2.05. The highest BCUT2D eigenvalue weighted by molar-refractivity contribution is 5.97. The van der Waals surface area contributed by atoms with Crippen LogP contribution < -0.4 is 5.56 Å². The zero-order valence-electron chi connectivity index (χ0n) is 12.1. The largest absolute Gasteiger partial charge is 0.460 e. The van der Waals surface area contributed by atoms with Crippen LogP contribution in [0.4, 0.5) is 0 Å². The van der Waals surface area contributed by atoms with E-state index in [1.54, 1.807) is 17.0 Å². The van der Waals surface area contributed by atoms with E-state index in [0.717, 1.165) is 23.4 Å². The summed E-state index contributed by atoms with van der Waals surface area (Å²) < 4.78 is 5.51. The number of nitrogens with one attached hydrogen (secondary N) is 3. The number of fused-ring (bicyclic) bond motifs is 1. The number of aromatic nitrogens is 3. The van der Waals surface area contributed by atoms with E-state index in [9.17, 15) is 9.59 Å². The molecule has 0 radical (unpaired) electrons. The predicted octanol–water partition coefficient (Wildman–Crippen LogP) is 1.72. The summed E-state index contributed by atoms with van der Waals surface area (Å²) in [5.74, 6) is 0.949. The molecule has 0 bridgehead atoms. The van der Waals surface area contributed by atoms with Gasteiger partial charge in [0.25, 0.3) is 11.5 Å². The number of furan rings is 1. The number of amides is 1. The third-order valence-corrected chi connectivity index (χ3v) is 4.19. The van der Waals surface area contributed by atoms with Gasteiger partial charge in [-0.05, 0) is 13.3 Å². The Labute approximate surface area is 125 Å². The summed E-state index contributed by atoms with van der Waals surface area (Å²) in [5, 5.41) is 5.41. The molecule has 114 valence electrons. The Morgan fingerprint density at radius 1 is 1.32 bits per heavy atom. The van der Waals surface area contributed by atoms with Gasteiger partial charge in [0.05, 0.1) is 5.52 Å². The van der Waals surface area contributed by atoms with E-state index in [0.29, 0.717) is 24.4 Å². The Morgan fingerprint density at radius 2 is 2.18 bits per heavy atom. The van der Waals surface area contributed by atoms with Crippen LogP contribution in [-0.4, -0.2) is 39.1 Å². The van der Waals surface area contributed by atoms with Gasteiger partial charge in [-0.3, -0.25) is 14.7 Å². The van der Waals surface area contributed by atoms with Gasteiger partial charge in [0.15, 0.2) is 5.58 Å². The monoisotopic (exact) mass is 300 g/mol. The highest BCUT2D eigenvalue weighted by Gasteiger charge is 2.29. The van der Waals surface area contributed by atoms with Gasteiger partial charge in [0.1, 0.15) is 11.5 Å². The average Bonchev–Trinajstić information content (AvgIpc) is 3.19. The van der Waals surface area contributed by atoms with Gasteiger partial charge in [-0.2, -0.15) is 0 Å². The number of likely N-dealkylation sites (tertiary alicyclic amines) is 1. The summed E-state index contributed by atoms with van der Waals surface area (Å²) in [5.41, 5.74) is 2.80. The molecule has 3 N–H and O–H groups in total. The van der Waals surface area contributed by atoms with E-state index in [2.05, 4.69) is 15.2 Å². The number of nitrogens with zero attached hydrogens (tertiary/aromatic N) is 1. The predicted molar refractivity (Wildman–Crippen MR) is 80.0 cm³/mol. The number of H-pyrrole nitrogens is 3.